The molecular weight excluding hydrogens is 318 g/mol. The molecule has 5 nitrogen and oxygen atoms in total. The number of quaternary nitrogens is 1. The van der Waals surface area contributed by atoms with E-state index in [9.17, 15) is 0 Å². The molecule has 128 valence electrons. The second-order valence-electron chi connectivity index (χ2n) is 6.29. The maximum Gasteiger partial charge on any atom is 0.192 e. The molecule has 0 fully saturated rings. The fraction of sp³-hybridized carbons (Fsp3) is 0.500. The first-order chi connectivity index (χ1) is 11.6. The average Bonchev–Trinajstić information content (AvgIpc) is 2.96. The Hall–Kier alpha value is -1.84. The standard InChI is InChI=1S/C18H25N5S/c1-5-16(22(3)4)17-20-21-18(24-13-14(2)11-19)23(17)12-15-9-7-6-8-10-15/h6-10,14,16H,5,12-13H2,1-4H3/p+1/t14-,16-/m0/s1. The van der Waals surface area contributed by atoms with Gasteiger partial charge in [-0.15, -0.1) is 10.2 Å². The summed E-state index contributed by atoms with van der Waals surface area (Å²) in [6.07, 6.45) is 1.01. The van der Waals surface area contributed by atoms with E-state index in [0.717, 1.165) is 29.7 Å². The summed E-state index contributed by atoms with van der Waals surface area (Å²) in [4.78, 5) is 1.35. The summed E-state index contributed by atoms with van der Waals surface area (Å²) in [6, 6.07) is 13.0. The highest BCUT2D eigenvalue weighted by molar-refractivity contribution is 7.99. The molecule has 6 heteroatoms. The van der Waals surface area contributed by atoms with Gasteiger partial charge in [0.25, 0.3) is 0 Å². The molecule has 2 atom stereocenters. The normalized spacial score (nSPS) is 13.7. The minimum atomic E-state index is 0.00164. The summed E-state index contributed by atoms with van der Waals surface area (Å²) in [7, 11) is 4.31. The molecule has 0 aliphatic carbocycles. The first-order valence-corrected chi connectivity index (χ1v) is 9.34. The third-order valence-electron chi connectivity index (χ3n) is 4.03. The van der Waals surface area contributed by atoms with Crippen molar-refractivity contribution in [2.45, 2.75) is 38.0 Å². The van der Waals surface area contributed by atoms with Crippen LogP contribution in [0.2, 0.25) is 0 Å². The highest BCUT2D eigenvalue weighted by Gasteiger charge is 2.25. The van der Waals surface area contributed by atoms with E-state index in [1.54, 1.807) is 11.8 Å². The van der Waals surface area contributed by atoms with Crippen molar-refractivity contribution in [3.63, 3.8) is 0 Å². The molecule has 1 aromatic carbocycles. The zero-order chi connectivity index (χ0) is 17.5. The van der Waals surface area contributed by atoms with Crippen LogP contribution in [0.5, 0.6) is 0 Å². The van der Waals surface area contributed by atoms with Crippen molar-refractivity contribution in [2.24, 2.45) is 5.92 Å². The summed E-state index contributed by atoms with van der Waals surface area (Å²) in [5.74, 6) is 1.75. The number of benzene rings is 1. The number of hydrogen-bond donors (Lipinski definition) is 1. The molecule has 0 spiro atoms. The van der Waals surface area contributed by atoms with Gasteiger partial charge in [-0.1, -0.05) is 49.0 Å². The van der Waals surface area contributed by atoms with E-state index in [0.29, 0.717) is 6.04 Å². The van der Waals surface area contributed by atoms with E-state index >= 15 is 0 Å². The molecule has 2 rings (SSSR count). The second kappa shape index (κ2) is 8.86. The molecule has 1 N–H and O–H groups in total. The molecule has 1 aromatic heterocycles. The van der Waals surface area contributed by atoms with Crippen molar-refractivity contribution in [2.75, 3.05) is 19.8 Å². The summed E-state index contributed by atoms with van der Waals surface area (Å²) in [6.45, 7) is 4.88. The smallest absolute Gasteiger partial charge is 0.192 e. The molecule has 0 saturated carbocycles. The van der Waals surface area contributed by atoms with Gasteiger partial charge in [0, 0.05) is 12.2 Å². The minimum absolute atomic E-state index is 0.00164. The lowest BCUT2D eigenvalue weighted by atomic mass is 10.2. The maximum atomic E-state index is 9.01. The van der Waals surface area contributed by atoms with Crippen molar-refractivity contribution >= 4 is 11.8 Å². The number of aromatic nitrogens is 3. The highest BCUT2D eigenvalue weighted by atomic mass is 32.2. The summed E-state index contributed by atoms with van der Waals surface area (Å²) in [5, 5.41) is 18.8. The van der Waals surface area contributed by atoms with Crippen LogP contribution in [-0.2, 0) is 6.54 Å². The van der Waals surface area contributed by atoms with Crippen LogP contribution in [0.4, 0.5) is 0 Å². The van der Waals surface area contributed by atoms with E-state index in [1.165, 1.54) is 10.5 Å². The van der Waals surface area contributed by atoms with Gasteiger partial charge in [-0.25, -0.2) is 0 Å². The van der Waals surface area contributed by atoms with Crippen LogP contribution in [0.3, 0.4) is 0 Å². The lowest BCUT2D eigenvalue weighted by molar-refractivity contribution is -0.893. The van der Waals surface area contributed by atoms with E-state index in [2.05, 4.69) is 66.1 Å². The molecule has 0 radical (unpaired) electrons. The van der Waals surface area contributed by atoms with Crippen molar-refractivity contribution in [1.29, 1.82) is 5.26 Å². The fourth-order valence-electron chi connectivity index (χ4n) is 2.66. The maximum absolute atomic E-state index is 9.01. The topological polar surface area (TPSA) is 58.9 Å². The Balaban J connectivity index is 2.33. The largest absolute Gasteiger partial charge is 0.331 e. The van der Waals surface area contributed by atoms with Crippen LogP contribution in [0, 0.1) is 17.2 Å². The number of nitrogens with zero attached hydrogens (tertiary/aromatic N) is 4. The molecule has 2 aromatic rings. The van der Waals surface area contributed by atoms with Gasteiger partial charge in [0.15, 0.2) is 11.0 Å². The van der Waals surface area contributed by atoms with Gasteiger partial charge in [-0.3, -0.25) is 4.57 Å². The minimum Gasteiger partial charge on any atom is -0.331 e. The summed E-state index contributed by atoms with van der Waals surface area (Å²) in [5.41, 5.74) is 1.23. The third-order valence-corrected chi connectivity index (χ3v) is 5.26. The first kappa shape index (κ1) is 18.5. The molecule has 0 aliphatic heterocycles. The Labute approximate surface area is 148 Å². The van der Waals surface area contributed by atoms with Gasteiger partial charge < -0.3 is 4.90 Å². The molecule has 0 unspecified atom stereocenters. The number of nitriles is 1. The Morgan fingerprint density at radius 1 is 1.25 bits per heavy atom. The van der Waals surface area contributed by atoms with Crippen molar-refractivity contribution in [1.82, 2.24) is 14.8 Å². The van der Waals surface area contributed by atoms with Crippen LogP contribution in [0.1, 0.15) is 37.7 Å². The number of hydrogen-bond acceptors (Lipinski definition) is 4. The number of nitrogens with one attached hydrogen (secondary N) is 1. The van der Waals surface area contributed by atoms with Gasteiger partial charge in [0.05, 0.1) is 32.6 Å². The quantitative estimate of drug-likeness (QED) is 0.746. The van der Waals surface area contributed by atoms with Gasteiger partial charge in [-0.2, -0.15) is 5.26 Å². The van der Waals surface area contributed by atoms with Crippen LogP contribution < -0.4 is 4.90 Å². The van der Waals surface area contributed by atoms with Gasteiger partial charge in [0.2, 0.25) is 0 Å². The van der Waals surface area contributed by atoms with Crippen LogP contribution in [0.15, 0.2) is 35.5 Å². The summed E-state index contributed by atoms with van der Waals surface area (Å²) < 4.78 is 2.21. The first-order valence-electron chi connectivity index (χ1n) is 8.36. The molecule has 0 amide bonds. The van der Waals surface area contributed by atoms with Gasteiger partial charge in [0.1, 0.15) is 6.04 Å². The Kier molecular flexibility index (Phi) is 6.83. The van der Waals surface area contributed by atoms with Crippen LogP contribution in [-0.4, -0.2) is 34.6 Å². The van der Waals surface area contributed by atoms with E-state index in [4.69, 9.17) is 5.26 Å². The number of rotatable bonds is 8. The van der Waals surface area contributed by atoms with Gasteiger partial charge in [-0.05, 0) is 12.5 Å². The molecule has 1 heterocycles. The average molecular weight is 345 g/mol. The lowest BCUT2D eigenvalue weighted by Crippen LogP contribution is -3.06. The zero-order valence-corrected chi connectivity index (χ0v) is 15.7. The van der Waals surface area contributed by atoms with Crippen molar-refractivity contribution in [3.8, 4) is 6.07 Å². The number of thioether (sulfide) groups is 1. The Morgan fingerprint density at radius 2 is 1.96 bits per heavy atom. The van der Waals surface area contributed by atoms with Crippen LogP contribution in [0.25, 0.3) is 0 Å². The van der Waals surface area contributed by atoms with Gasteiger partial charge >= 0.3 is 0 Å². The third kappa shape index (κ3) is 4.59. The Morgan fingerprint density at radius 3 is 2.54 bits per heavy atom. The van der Waals surface area contributed by atoms with Crippen molar-refractivity contribution < 1.29 is 4.90 Å². The van der Waals surface area contributed by atoms with E-state index in [1.807, 2.05) is 13.0 Å². The second-order valence-corrected chi connectivity index (χ2v) is 7.28. The molecule has 0 bridgehead atoms. The van der Waals surface area contributed by atoms with E-state index < -0.39 is 0 Å². The molecule has 0 aliphatic rings. The molecular formula is C18H26N5S+. The predicted octanol–water partition coefficient (Wildman–Crippen LogP) is 2.17. The predicted molar refractivity (Wildman–Crippen MR) is 96.9 cm³/mol. The summed E-state index contributed by atoms with van der Waals surface area (Å²) >= 11 is 1.62. The fourth-order valence-corrected chi connectivity index (χ4v) is 3.55. The van der Waals surface area contributed by atoms with Crippen molar-refractivity contribution in [3.05, 3.63) is 41.7 Å². The zero-order valence-electron chi connectivity index (χ0n) is 14.9. The van der Waals surface area contributed by atoms with E-state index in [-0.39, 0.29) is 5.92 Å². The Bertz CT molecular complexity index is 674. The van der Waals surface area contributed by atoms with Crippen LogP contribution >= 0.6 is 11.8 Å². The monoisotopic (exact) mass is 344 g/mol. The lowest BCUT2D eigenvalue weighted by Gasteiger charge is -2.20. The SMILES string of the molecule is CC[C@@H](c1nnc(SC[C@@H](C)C#N)n1Cc1ccccc1)[NH+](C)C. The molecule has 24 heavy (non-hydrogen) atoms. The molecule has 0 saturated heterocycles. The highest BCUT2D eigenvalue weighted by Crippen LogP contribution is 2.24.